The van der Waals surface area contributed by atoms with E-state index >= 15 is 0 Å². The fraction of sp³-hybridized carbons (Fsp3) is 0.467. The van der Waals surface area contributed by atoms with Crippen molar-refractivity contribution in [2.75, 3.05) is 37.6 Å². The Hall–Kier alpha value is -2.61. The maximum absolute atomic E-state index is 13.8. The highest BCUT2D eigenvalue weighted by molar-refractivity contribution is 6.42. The summed E-state index contributed by atoms with van der Waals surface area (Å²) in [6, 6.07) is 11.9. The van der Waals surface area contributed by atoms with Crippen molar-refractivity contribution >= 4 is 34.9 Å². The van der Waals surface area contributed by atoms with Crippen molar-refractivity contribution in [3.8, 4) is 5.69 Å². The van der Waals surface area contributed by atoms with Gasteiger partial charge in [-0.25, -0.2) is 9.07 Å². The van der Waals surface area contributed by atoms with Crippen LogP contribution in [-0.2, 0) is 13.0 Å². The number of hydrogen-bond donors (Lipinski definition) is 0. The van der Waals surface area contributed by atoms with E-state index in [1.807, 2.05) is 9.58 Å². The molecule has 1 aromatic heterocycles. The van der Waals surface area contributed by atoms with Gasteiger partial charge in [0.25, 0.3) is 5.91 Å². The van der Waals surface area contributed by atoms with Gasteiger partial charge in [0, 0.05) is 49.9 Å². The number of aryl methyl sites for hydroxylation is 1. The second-order valence-corrected chi connectivity index (χ2v) is 11.6. The van der Waals surface area contributed by atoms with Crippen LogP contribution in [0, 0.1) is 11.7 Å². The third-order valence-electron chi connectivity index (χ3n) is 7.18. The van der Waals surface area contributed by atoms with Gasteiger partial charge in [0.15, 0.2) is 0 Å². The first-order valence-corrected chi connectivity index (χ1v) is 14.4. The van der Waals surface area contributed by atoms with Crippen LogP contribution >= 0.6 is 23.2 Å². The monoisotopic (exact) mass is 573 g/mol. The zero-order valence-electron chi connectivity index (χ0n) is 23.4. The molecule has 6 nitrogen and oxygen atoms in total. The molecule has 4 rings (SSSR count). The molecular formula is C30H38Cl2FN5O. The summed E-state index contributed by atoms with van der Waals surface area (Å²) in [7, 11) is 0. The maximum Gasteiger partial charge on any atom is 0.254 e. The third kappa shape index (κ3) is 6.76. The number of anilines is 1. The SMILES string of the molecule is CCc1nn(-c2ccc(F)cc2)c(N2CCN(C(C)C)CC2)c1CN(CC(C)C)C(=O)c1ccc(Cl)c(Cl)c1. The predicted molar refractivity (Wildman–Crippen MR) is 158 cm³/mol. The molecule has 0 saturated carbocycles. The minimum Gasteiger partial charge on any atom is -0.354 e. The van der Waals surface area contributed by atoms with Crippen LogP contribution in [0.5, 0.6) is 0 Å². The summed E-state index contributed by atoms with van der Waals surface area (Å²) in [6.07, 6.45) is 0.707. The summed E-state index contributed by atoms with van der Waals surface area (Å²) < 4.78 is 15.7. The molecule has 0 unspecified atom stereocenters. The molecule has 3 aromatic rings. The van der Waals surface area contributed by atoms with Crippen molar-refractivity contribution in [3.05, 3.63) is 75.1 Å². The summed E-state index contributed by atoms with van der Waals surface area (Å²) in [5, 5.41) is 5.78. The van der Waals surface area contributed by atoms with Crippen LogP contribution in [-0.4, -0.2) is 64.3 Å². The Morgan fingerprint density at radius 2 is 1.67 bits per heavy atom. The van der Waals surface area contributed by atoms with E-state index in [0.717, 1.165) is 48.9 Å². The number of carbonyl (C=O) groups is 1. The number of rotatable bonds is 9. The topological polar surface area (TPSA) is 44.6 Å². The summed E-state index contributed by atoms with van der Waals surface area (Å²) in [4.78, 5) is 20.5. The van der Waals surface area contributed by atoms with Gasteiger partial charge in [-0.1, -0.05) is 44.0 Å². The summed E-state index contributed by atoms with van der Waals surface area (Å²) in [5.41, 5.74) is 3.25. The third-order valence-corrected chi connectivity index (χ3v) is 7.92. The molecule has 1 saturated heterocycles. The normalized spacial score (nSPS) is 14.5. The Labute approximate surface area is 241 Å². The van der Waals surface area contributed by atoms with Gasteiger partial charge in [-0.2, -0.15) is 5.10 Å². The number of hydrogen-bond acceptors (Lipinski definition) is 4. The smallest absolute Gasteiger partial charge is 0.254 e. The van der Waals surface area contributed by atoms with E-state index in [9.17, 15) is 9.18 Å². The highest BCUT2D eigenvalue weighted by Gasteiger charge is 2.29. The largest absolute Gasteiger partial charge is 0.354 e. The van der Waals surface area contributed by atoms with Crippen LogP contribution in [0.4, 0.5) is 10.2 Å². The molecule has 1 amide bonds. The number of piperazine rings is 1. The first-order valence-electron chi connectivity index (χ1n) is 13.7. The lowest BCUT2D eigenvalue weighted by molar-refractivity contribution is 0.0722. The fourth-order valence-electron chi connectivity index (χ4n) is 5.13. The number of carbonyl (C=O) groups excluding carboxylic acids is 1. The number of amides is 1. The van der Waals surface area contributed by atoms with Gasteiger partial charge in [0.1, 0.15) is 11.6 Å². The zero-order valence-corrected chi connectivity index (χ0v) is 24.9. The highest BCUT2D eigenvalue weighted by Crippen LogP contribution is 2.32. The summed E-state index contributed by atoms with van der Waals surface area (Å²) in [6.45, 7) is 15.2. The van der Waals surface area contributed by atoms with Crippen molar-refractivity contribution in [2.24, 2.45) is 5.92 Å². The van der Waals surface area contributed by atoms with E-state index in [-0.39, 0.29) is 17.6 Å². The molecule has 0 aliphatic carbocycles. The number of benzene rings is 2. The van der Waals surface area contributed by atoms with Crippen molar-refractivity contribution in [3.63, 3.8) is 0 Å². The van der Waals surface area contributed by atoms with Gasteiger partial charge in [-0.15, -0.1) is 0 Å². The predicted octanol–water partition coefficient (Wildman–Crippen LogP) is 6.71. The van der Waals surface area contributed by atoms with E-state index in [2.05, 4.69) is 44.4 Å². The van der Waals surface area contributed by atoms with Gasteiger partial charge >= 0.3 is 0 Å². The van der Waals surface area contributed by atoms with Crippen molar-refractivity contribution in [2.45, 2.75) is 53.6 Å². The summed E-state index contributed by atoms with van der Waals surface area (Å²) >= 11 is 12.4. The standard InChI is InChI=1S/C30H38Cl2FN5O/c1-6-28-25(19-37(18-20(2)3)30(39)22-7-12-26(31)27(32)17-22)29(36-15-13-35(14-16-36)21(4)5)38(34-28)24-10-8-23(33)9-11-24/h7-12,17,20-21H,6,13-16,18-19H2,1-5H3. The Kier molecular flexibility index (Phi) is 9.57. The molecule has 0 N–H and O–H groups in total. The molecular weight excluding hydrogens is 536 g/mol. The average molecular weight is 575 g/mol. The van der Waals surface area contributed by atoms with Crippen LogP contribution in [0.25, 0.3) is 5.69 Å². The first-order chi connectivity index (χ1) is 18.6. The van der Waals surface area contributed by atoms with Crippen LogP contribution in [0.1, 0.15) is 56.2 Å². The van der Waals surface area contributed by atoms with E-state index < -0.39 is 0 Å². The number of halogens is 3. The van der Waals surface area contributed by atoms with Crippen LogP contribution in [0.2, 0.25) is 10.0 Å². The fourth-order valence-corrected chi connectivity index (χ4v) is 5.43. The second kappa shape index (κ2) is 12.7. The lowest BCUT2D eigenvalue weighted by atomic mass is 10.1. The number of nitrogens with zero attached hydrogens (tertiary/aromatic N) is 5. The second-order valence-electron chi connectivity index (χ2n) is 10.8. The van der Waals surface area contributed by atoms with E-state index in [1.165, 1.54) is 12.1 Å². The van der Waals surface area contributed by atoms with Crippen LogP contribution < -0.4 is 4.90 Å². The Morgan fingerprint density at radius 1 is 1.00 bits per heavy atom. The molecule has 1 aliphatic rings. The van der Waals surface area contributed by atoms with Gasteiger partial charge in [0.05, 0.1) is 28.0 Å². The molecule has 0 spiro atoms. The molecule has 210 valence electrons. The summed E-state index contributed by atoms with van der Waals surface area (Å²) in [5.74, 6) is 0.836. The average Bonchev–Trinajstić information content (AvgIpc) is 3.27. The molecule has 2 heterocycles. The Balaban J connectivity index is 1.78. The minimum atomic E-state index is -0.288. The lowest BCUT2D eigenvalue weighted by Crippen LogP contribution is -2.49. The molecule has 0 radical (unpaired) electrons. The van der Waals surface area contributed by atoms with Crippen molar-refractivity contribution in [1.82, 2.24) is 19.6 Å². The molecule has 9 heteroatoms. The highest BCUT2D eigenvalue weighted by atomic mass is 35.5. The van der Waals surface area contributed by atoms with Crippen LogP contribution in [0.3, 0.4) is 0 Å². The van der Waals surface area contributed by atoms with Gasteiger partial charge in [0.2, 0.25) is 0 Å². The first kappa shape index (κ1) is 29.4. The zero-order chi connectivity index (χ0) is 28.3. The minimum absolute atomic E-state index is 0.102. The van der Waals surface area contributed by atoms with Gasteiger partial charge in [-0.05, 0) is 68.7 Å². The van der Waals surface area contributed by atoms with Crippen LogP contribution in [0.15, 0.2) is 42.5 Å². The Morgan fingerprint density at radius 3 is 2.23 bits per heavy atom. The quantitative estimate of drug-likeness (QED) is 0.285. The molecule has 1 fully saturated rings. The van der Waals surface area contributed by atoms with E-state index in [0.29, 0.717) is 41.2 Å². The number of aromatic nitrogens is 2. The van der Waals surface area contributed by atoms with Gasteiger partial charge in [-0.3, -0.25) is 9.69 Å². The lowest BCUT2D eigenvalue weighted by Gasteiger charge is -2.38. The molecule has 0 atom stereocenters. The van der Waals surface area contributed by atoms with Gasteiger partial charge < -0.3 is 9.80 Å². The van der Waals surface area contributed by atoms with Crippen molar-refractivity contribution in [1.29, 1.82) is 0 Å². The van der Waals surface area contributed by atoms with E-state index in [1.54, 1.807) is 30.3 Å². The van der Waals surface area contributed by atoms with Crippen molar-refractivity contribution < 1.29 is 9.18 Å². The molecule has 2 aromatic carbocycles. The van der Waals surface area contributed by atoms with E-state index in [4.69, 9.17) is 28.3 Å². The molecule has 0 bridgehead atoms. The Bertz CT molecular complexity index is 1280. The maximum atomic E-state index is 13.8. The molecule has 39 heavy (non-hydrogen) atoms. The molecule has 1 aliphatic heterocycles.